The molecular weight excluding hydrogens is 410 g/mol. The maximum atomic E-state index is 13.0. The lowest BCUT2D eigenvalue weighted by molar-refractivity contribution is -0.126. The van der Waals surface area contributed by atoms with Crippen LogP contribution in [0.15, 0.2) is 30.5 Å². The number of rotatable bonds is 5. The van der Waals surface area contributed by atoms with Crippen molar-refractivity contribution in [2.45, 2.75) is 102 Å². The van der Waals surface area contributed by atoms with Crippen molar-refractivity contribution in [2.24, 2.45) is 11.8 Å². The largest absolute Gasteiger partial charge is 0.329 e. The van der Waals surface area contributed by atoms with Crippen LogP contribution >= 0.6 is 0 Å². The van der Waals surface area contributed by atoms with Gasteiger partial charge >= 0.3 is 0 Å². The van der Waals surface area contributed by atoms with E-state index >= 15 is 0 Å². The van der Waals surface area contributed by atoms with E-state index in [1.807, 2.05) is 6.07 Å². The minimum absolute atomic E-state index is 0.00675. The minimum Gasteiger partial charge on any atom is -0.329 e. The van der Waals surface area contributed by atoms with Crippen LogP contribution in [-0.2, 0) is 17.8 Å². The van der Waals surface area contributed by atoms with Gasteiger partial charge in [0, 0.05) is 29.9 Å². The zero-order valence-corrected chi connectivity index (χ0v) is 20.1. The molecule has 0 aromatic heterocycles. The molecule has 2 N–H and O–H groups in total. The molecule has 2 amide bonds. The first-order valence-corrected chi connectivity index (χ1v) is 13.2. The molecule has 33 heavy (non-hydrogen) atoms. The van der Waals surface area contributed by atoms with Crippen molar-refractivity contribution in [1.82, 2.24) is 15.5 Å². The normalized spacial score (nSPS) is 32.6. The van der Waals surface area contributed by atoms with Crippen LogP contribution in [0.3, 0.4) is 0 Å². The molecule has 4 aliphatic rings. The van der Waals surface area contributed by atoms with Crippen molar-refractivity contribution >= 4 is 11.8 Å². The number of nitrogens with zero attached hydrogens (tertiary/aromatic N) is 1. The molecule has 0 bridgehead atoms. The van der Waals surface area contributed by atoms with E-state index < -0.39 is 0 Å². The molecule has 5 atom stereocenters. The molecule has 1 unspecified atom stereocenters. The van der Waals surface area contributed by atoms with Crippen molar-refractivity contribution in [2.75, 3.05) is 0 Å². The number of carbonyl (C=O) groups is 2. The van der Waals surface area contributed by atoms with Gasteiger partial charge in [0.15, 0.2) is 0 Å². The monoisotopic (exact) mass is 449 g/mol. The average Bonchev–Trinajstić information content (AvgIpc) is 3.12. The molecule has 2 aliphatic carbocycles. The van der Waals surface area contributed by atoms with Gasteiger partial charge in [-0.05, 0) is 74.0 Å². The Morgan fingerprint density at radius 3 is 2.58 bits per heavy atom. The van der Waals surface area contributed by atoms with Gasteiger partial charge in [-0.15, -0.1) is 0 Å². The maximum Gasteiger partial charge on any atom is 0.255 e. The SMILES string of the molecule is C=C1CCC(N2Cc3cc(C[C@H]4CCCC[C@@H]4N[C@@H]4CCCC[C@H]4C)ccc3C2=O)C(=O)N1. The summed E-state index contributed by atoms with van der Waals surface area (Å²) in [6.45, 7) is 6.81. The highest BCUT2D eigenvalue weighted by molar-refractivity contribution is 6.01. The molecule has 5 heteroatoms. The van der Waals surface area contributed by atoms with Crippen LogP contribution in [0.2, 0.25) is 0 Å². The van der Waals surface area contributed by atoms with E-state index in [4.69, 9.17) is 0 Å². The van der Waals surface area contributed by atoms with Crippen LogP contribution in [0.1, 0.15) is 92.6 Å². The second-order valence-electron chi connectivity index (χ2n) is 11.0. The third kappa shape index (κ3) is 4.75. The van der Waals surface area contributed by atoms with Gasteiger partial charge in [-0.3, -0.25) is 9.59 Å². The summed E-state index contributed by atoms with van der Waals surface area (Å²) in [6, 6.07) is 7.28. The second-order valence-corrected chi connectivity index (χ2v) is 11.0. The van der Waals surface area contributed by atoms with E-state index in [1.165, 1.54) is 56.9 Å². The molecule has 1 aromatic rings. The van der Waals surface area contributed by atoms with Crippen LogP contribution < -0.4 is 10.6 Å². The minimum atomic E-state index is -0.386. The Balaban J connectivity index is 1.26. The lowest BCUT2D eigenvalue weighted by Crippen LogP contribution is -2.49. The van der Waals surface area contributed by atoms with E-state index in [-0.39, 0.29) is 17.9 Å². The molecule has 178 valence electrons. The van der Waals surface area contributed by atoms with Gasteiger partial charge < -0.3 is 15.5 Å². The Kier molecular flexibility index (Phi) is 6.60. The first kappa shape index (κ1) is 22.6. The fraction of sp³-hybridized carbons (Fsp3) is 0.643. The zero-order valence-electron chi connectivity index (χ0n) is 20.1. The summed E-state index contributed by atoms with van der Waals surface area (Å²) in [5.74, 6) is 1.34. The van der Waals surface area contributed by atoms with Gasteiger partial charge in [-0.25, -0.2) is 0 Å². The summed E-state index contributed by atoms with van der Waals surface area (Å²) in [5.41, 5.74) is 3.93. The van der Waals surface area contributed by atoms with Crippen molar-refractivity contribution in [3.8, 4) is 0 Å². The van der Waals surface area contributed by atoms with Gasteiger partial charge in [0.1, 0.15) is 6.04 Å². The predicted octanol–water partition coefficient (Wildman–Crippen LogP) is 4.70. The van der Waals surface area contributed by atoms with Crippen molar-refractivity contribution < 1.29 is 9.59 Å². The molecule has 0 spiro atoms. The third-order valence-corrected chi connectivity index (χ3v) is 8.65. The zero-order chi connectivity index (χ0) is 22.9. The fourth-order valence-corrected chi connectivity index (χ4v) is 6.65. The van der Waals surface area contributed by atoms with E-state index in [0.29, 0.717) is 31.0 Å². The number of piperidine rings is 1. The molecule has 1 aromatic carbocycles. The number of hydrogen-bond acceptors (Lipinski definition) is 3. The standard InChI is InChI=1S/C28H39N3O2/c1-18-7-3-5-9-24(18)30-25-10-6-4-8-21(25)15-20-12-13-23-22(16-20)17-31(28(23)33)26-14-11-19(2)29-27(26)32/h12-13,16,18,21,24-26,30H,2-11,14-15,17H2,1H3,(H,29,32)/t18-,21-,24-,25+,26?/m1/s1. The van der Waals surface area contributed by atoms with Crippen molar-refractivity contribution in [3.63, 3.8) is 0 Å². The van der Waals surface area contributed by atoms with Gasteiger partial charge in [-0.2, -0.15) is 0 Å². The molecular formula is C28H39N3O2. The van der Waals surface area contributed by atoms with Crippen LogP contribution in [0.25, 0.3) is 0 Å². The lowest BCUT2D eigenvalue weighted by Gasteiger charge is -2.39. The number of amides is 2. The Morgan fingerprint density at radius 2 is 1.79 bits per heavy atom. The van der Waals surface area contributed by atoms with Crippen molar-refractivity contribution in [3.05, 3.63) is 47.2 Å². The summed E-state index contributed by atoms with van der Waals surface area (Å²) in [4.78, 5) is 27.3. The van der Waals surface area contributed by atoms with E-state index in [1.54, 1.807) is 4.90 Å². The highest BCUT2D eigenvalue weighted by atomic mass is 16.2. The number of fused-ring (bicyclic) bond motifs is 1. The fourth-order valence-electron chi connectivity index (χ4n) is 6.65. The molecule has 5 nitrogen and oxygen atoms in total. The Morgan fingerprint density at radius 1 is 1.03 bits per heavy atom. The van der Waals surface area contributed by atoms with Gasteiger partial charge in [0.25, 0.3) is 5.91 Å². The predicted molar refractivity (Wildman–Crippen MR) is 131 cm³/mol. The molecule has 2 saturated carbocycles. The smallest absolute Gasteiger partial charge is 0.255 e. The lowest BCUT2D eigenvalue weighted by atomic mass is 9.78. The molecule has 2 aliphatic heterocycles. The molecule has 5 rings (SSSR count). The molecule has 3 fully saturated rings. The maximum absolute atomic E-state index is 13.0. The van der Waals surface area contributed by atoms with Crippen LogP contribution in [0.5, 0.6) is 0 Å². The van der Waals surface area contributed by atoms with E-state index in [2.05, 4.69) is 36.3 Å². The first-order valence-electron chi connectivity index (χ1n) is 13.2. The summed E-state index contributed by atoms with van der Waals surface area (Å²) >= 11 is 0. The van der Waals surface area contributed by atoms with Crippen LogP contribution in [0.4, 0.5) is 0 Å². The number of benzene rings is 1. The van der Waals surface area contributed by atoms with E-state index in [0.717, 1.165) is 35.6 Å². The number of carbonyl (C=O) groups excluding carboxylic acids is 2. The molecule has 2 heterocycles. The number of hydrogen-bond donors (Lipinski definition) is 2. The van der Waals surface area contributed by atoms with Crippen LogP contribution in [-0.4, -0.2) is 34.8 Å². The molecule has 0 radical (unpaired) electrons. The summed E-state index contributed by atoms with van der Waals surface area (Å²) in [7, 11) is 0. The van der Waals surface area contributed by atoms with Crippen molar-refractivity contribution in [1.29, 1.82) is 0 Å². The third-order valence-electron chi connectivity index (χ3n) is 8.65. The summed E-state index contributed by atoms with van der Waals surface area (Å²) in [6.07, 6.45) is 13.1. The molecule has 1 saturated heterocycles. The highest BCUT2D eigenvalue weighted by Crippen LogP contribution is 2.33. The van der Waals surface area contributed by atoms with Gasteiger partial charge in [0.05, 0.1) is 0 Å². The number of nitrogens with one attached hydrogen (secondary N) is 2. The second kappa shape index (κ2) is 9.61. The first-order chi connectivity index (χ1) is 16.0. The van der Waals surface area contributed by atoms with Crippen LogP contribution in [0, 0.1) is 11.8 Å². The highest BCUT2D eigenvalue weighted by Gasteiger charge is 2.38. The Bertz CT molecular complexity index is 926. The summed E-state index contributed by atoms with van der Waals surface area (Å²) in [5, 5.41) is 6.91. The summed E-state index contributed by atoms with van der Waals surface area (Å²) < 4.78 is 0. The quantitative estimate of drug-likeness (QED) is 0.685. The Hall–Kier alpha value is -2.14. The number of allylic oxidation sites excluding steroid dienone is 1. The van der Waals surface area contributed by atoms with Gasteiger partial charge in [-0.1, -0.05) is 51.3 Å². The Labute approximate surface area is 198 Å². The van der Waals surface area contributed by atoms with E-state index in [9.17, 15) is 9.59 Å². The topological polar surface area (TPSA) is 61.4 Å². The van der Waals surface area contributed by atoms with Gasteiger partial charge in [0.2, 0.25) is 5.91 Å². The average molecular weight is 450 g/mol.